The Hall–Kier alpha value is -3.17. The van der Waals surface area contributed by atoms with Crippen molar-refractivity contribution in [3.63, 3.8) is 0 Å². The molecule has 0 bridgehead atoms. The summed E-state index contributed by atoms with van der Waals surface area (Å²) in [5.74, 6) is -0.0436. The number of nitrogens with one attached hydrogen (secondary N) is 1. The van der Waals surface area contributed by atoms with Crippen molar-refractivity contribution in [2.45, 2.75) is 24.8 Å². The molecule has 31 heavy (non-hydrogen) atoms. The maximum absolute atomic E-state index is 12.7. The summed E-state index contributed by atoms with van der Waals surface area (Å²) in [5, 5.41) is 2.77. The lowest BCUT2D eigenvalue weighted by Gasteiger charge is -2.33. The molecule has 1 aliphatic heterocycles. The normalized spacial score (nSPS) is 16.0. The van der Waals surface area contributed by atoms with Crippen LogP contribution in [-0.2, 0) is 14.8 Å². The van der Waals surface area contributed by atoms with Gasteiger partial charge in [-0.25, -0.2) is 12.7 Å². The van der Waals surface area contributed by atoms with Crippen molar-refractivity contribution in [2.75, 3.05) is 30.9 Å². The Balaban J connectivity index is 1.84. The van der Waals surface area contributed by atoms with E-state index >= 15 is 0 Å². The highest BCUT2D eigenvalue weighted by molar-refractivity contribution is 7.89. The SMILES string of the molecule is C=C(C)CN1C(=O)C(C)Oc2ccc(NC(=O)c3ccc(S(=O)(=O)N(C)C)cc3)cc21. The molecule has 2 aromatic carbocycles. The van der Waals surface area contributed by atoms with Gasteiger partial charge < -0.3 is 15.0 Å². The Kier molecular flexibility index (Phi) is 6.19. The van der Waals surface area contributed by atoms with E-state index in [9.17, 15) is 18.0 Å². The molecule has 2 aromatic rings. The summed E-state index contributed by atoms with van der Waals surface area (Å²) in [4.78, 5) is 26.9. The highest BCUT2D eigenvalue weighted by Crippen LogP contribution is 2.36. The number of benzene rings is 2. The Morgan fingerprint density at radius 1 is 1.19 bits per heavy atom. The molecule has 3 rings (SSSR count). The van der Waals surface area contributed by atoms with Gasteiger partial charge in [0.2, 0.25) is 10.0 Å². The molecular weight excluding hydrogens is 418 g/mol. The van der Waals surface area contributed by atoms with Crippen molar-refractivity contribution in [1.29, 1.82) is 0 Å². The molecule has 9 heteroatoms. The number of rotatable bonds is 6. The van der Waals surface area contributed by atoms with Crippen LogP contribution in [-0.4, -0.2) is 51.3 Å². The topological polar surface area (TPSA) is 96.0 Å². The number of nitrogens with zero attached hydrogens (tertiary/aromatic N) is 2. The van der Waals surface area contributed by atoms with Crippen LogP contribution in [0.5, 0.6) is 5.75 Å². The van der Waals surface area contributed by atoms with Crippen LogP contribution in [0, 0.1) is 0 Å². The van der Waals surface area contributed by atoms with E-state index in [4.69, 9.17) is 4.74 Å². The lowest BCUT2D eigenvalue weighted by Crippen LogP contribution is -2.45. The van der Waals surface area contributed by atoms with E-state index < -0.39 is 22.0 Å². The van der Waals surface area contributed by atoms with Crippen LogP contribution in [0.2, 0.25) is 0 Å². The molecule has 0 fully saturated rings. The van der Waals surface area contributed by atoms with Crippen LogP contribution in [0.15, 0.2) is 59.5 Å². The van der Waals surface area contributed by atoms with Gasteiger partial charge in [-0.3, -0.25) is 9.59 Å². The number of amides is 2. The molecule has 1 atom stereocenters. The summed E-state index contributed by atoms with van der Waals surface area (Å²) >= 11 is 0. The summed E-state index contributed by atoms with van der Waals surface area (Å²) < 4.78 is 31.1. The first-order valence-electron chi connectivity index (χ1n) is 9.61. The first-order chi connectivity index (χ1) is 14.5. The molecule has 8 nitrogen and oxygen atoms in total. The van der Waals surface area contributed by atoms with Crippen LogP contribution in [0.25, 0.3) is 0 Å². The minimum Gasteiger partial charge on any atom is -0.479 e. The number of hydrogen-bond acceptors (Lipinski definition) is 5. The van der Waals surface area contributed by atoms with Crippen molar-refractivity contribution in [3.8, 4) is 5.75 Å². The van der Waals surface area contributed by atoms with Gasteiger partial charge in [0, 0.05) is 31.9 Å². The van der Waals surface area contributed by atoms with Gasteiger partial charge in [-0.05, 0) is 56.3 Å². The minimum absolute atomic E-state index is 0.100. The number of fused-ring (bicyclic) bond motifs is 1. The Morgan fingerprint density at radius 2 is 1.84 bits per heavy atom. The number of carbonyl (C=O) groups excluding carboxylic acids is 2. The van der Waals surface area contributed by atoms with Crippen LogP contribution < -0.4 is 15.0 Å². The van der Waals surface area contributed by atoms with Crippen molar-refractivity contribution in [2.24, 2.45) is 0 Å². The minimum atomic E-state index is -3.57. The number of sulfonamides is 1. The second-order valence-corrected chi connectivity index (χ2v) is 9.74. The maximum Gasteiger partial charge on any atom is 0.268 e. The average molecular weight is 444 g/mol. The Bertz CT molecular complexity index is 1140. The van der Waals surface area contributed by atoms with Crippen LogP contribution >= 0.6 is 0 Å². The fourth-order valence-corrected chi connectivity index (χ4v) is 4.01. The van der Waals surface area contributed by atoms with Crippen LogP contribution in [0.3, 0.4) is 0 Å². The van der Waals surface area contributed by atoms with Gasteiger partial charge >= 0.3 is 0 Å². The van der Waals surface area contributed by atoms with Crippen molar-refractivity contribution >= 4 is 33.2 Å². The lowest BCUT2D eigenvalue weighted by molar-refractivity contribution is -0.125. The highest BCUT2D eigenvalue weighted by Gasteiger charge is 2.31. The van der Waals surface area contributed by atoms with E-state index in [0.29, 0.717) is 29.2 Å². The summed E-state index contributed by atoms with van der Waals surface area (Å²) in [6.07, 6.45) is -0.607. The van der Waals surface area contributed by atoms with Gasteiger partial charge in [0.1, 0.15) is 5.75 Å². The zero-order valence-electron chi connectivity index (χ0n) is 17.9. The van der Waals surface area contributed by atoms with E-state index in [1.54, 1.807) is 30.0 Å². The van der Waals surface area contributed by atoms with E-state index in [1.165, 1.54) is 38.4 Å². The van der Waals surface area contributed by atoms with Crippen molar-refractivity contribution in [1.82, 2.24) is 4.31 Å². The molecule has 0 saturated carbocycles. The molecule has 1 aliphatic rings. The van der Waals surface area contributed by atoms with E-state index in [2.05, 4.69) is 11.9 Å². The van der Waals surface area contributed by atoms with Gasteiger partial charge in [-0.1, -0.05) is 12.2 Å². The number of carbonyl (C=O) groups is 2. The van der Waals surface area contributed by atoms with Gasteiger partial charge in [-0.2, -0.15) is 0 Å². The smallest absolute Gasteiger partial charge is 0.268 e. The molecule has 0 aromatic heterocycles. The third-order valence-corrected chi connectivity index (χ3v) is 6.58. The van der Waals surface area contributed by atoms with Gasteiger partial charge in [0.05, 0.1) is 10.6 Å². The van der Waals surface area contributed by atoms with E-state index in [1.807, 2.05) is 6.92 Å². The molecule has 164 valence electrons. The summed E-state index contributed by atoms with van der Waals surface area (Å²) in [5.41, 5.74) is 2.15. The third-order valence-electron chi connectivity index (χ3n) is 4.75. The van der Waals surface area contributed by atoms with Gasteiger partial charge in [-0.15, -0.1) is 0 Å². The monoisotopic (exact) mass is 443 g/mol. The maximum atomic E-state index is 12.7. The largest absolute Gasteiger partial charge is 0.479 e. The molecule has 0 spiro atoms. The first-order valence-corrected chi connectivity index (χ1v) is 11.0. The molecule has 1 unspecified atom stereocenters. The van der Waals surface area contributed by atoms with Crippen molar-refractivity contribution in [3.05, 3.63) is 60.2 Å². The Labute approximate surface area is 182 Å². The molecule has 0 aliphatic carbocycles. The molecule has 1 heterocycles. The molecule has 2 amide bonds. The summed E-state index contributed by atoms with van der Waals surface area (Å²) in [6, 6.07) is 10.7. The van der Waals surface area contributed by atoms with Gasteiger partial charge in [0.25, 0.3) is 11.8 Å². The zero-order chi connectivity index (χ0) is 22.9. The predicted molar refractivity (Wildman–Crippen MR) is 119 cm³/mol. The summed E-state index contributed by atoms with van der Waals surface area (Å²) in [6.45, 7) is 7.74. The Morgan fingerprint density at radius 3 is 2.42 bits per heavy atom. The molecular formula is C22H25N3O5S. The predicted octanol–water partition coefficient (Wildman–Crippen LogP) is 2.88. The zero-order valence-corrected chi connectivity index (χ0v) is 18.7. The standard InChI is InChI=1S/C22H25N3O5S/c1-14(2)13-25-19-12-17(8-11-20(19)30-15(3)22(25)27)23-21(26)16-6-9-18(10-7-16)31(28,29)24(4)5/h6-12,15H,1,13H2,2-5H3,(H,23,26). The second kappa shape index (κ2) is 8.52. The number of anilines is 2. The van der Waals surface area contributed by atoms with Crippen LogP contribution in [0.1, 0.15) is 24.2 Å². The number of ether oxygens (including phenoxy) is 1. The van der Waals surface area contributed by atoms with Crippen LogP contribution in [0.4, 0.5) is 11.4 Å². The van der Waals surface area contributed by atoms with E-state index in [0.717, 1.165) is 9.88 Å². The summed E-state index contributed by atoms with van der Waals surface area (Å²) in [7, 11) is -0.686. The fourth-order valence-electron chi connectivity index (χ4n) is 3.11. The fraction of sp³-hybridized carbons (Fsp3) is 0.273. The highest BCUT2D eigenvalue weighted by atomic mass is 32.2. The number of hydrogen-bond donors (Lipinski definition) is 1. The quantitative estimate of drug-likeness (QED) is 0.693. The average Bonchev–Trinajstić information content (AvgIpc) is 2.71. The van der Waals surface area contributed by atoms with Gasteiger partial charge in [0.15, 0.2) is 6.10 Å². The molecule has 1 N–H and O–H groups in total. The van der Waals surface area contributed by atoms with Crippen molar-refractivity contribution < 1.29 is 22.7 Å². The molecule has 0 saturated heterocycles. The third kappa shape index (κ3) is 4.62. The lowest BCUT2D eigenvalue weighted by atomic mass is 10.1. The van der Waals surface area contributed by atoms with E-state index in [-0.39, 0.29) is 10.8 Å². The second-order valence-electron chi connectivity index (χ2n) is 7.59. The first kappa shape index (κ1) is 22.5. The molecule has 0 radical (unpaired) electrons.